The van der Waals surface area contributed by atoms with Crippen molar-refractivity contribution < 1.29 is 27.4 Å². The van der Waals surface area contributed by atoms with Crippen LogP contribution in [0.4, 0.5) is 11.4 Å². The third kappa shape index (κ3) is 4.62. The molecule has 0 saturated carbocycles. The summed E-state index contributed by atoms with van der Waals surface area (Å²) in [5.74, 6) is 0.818. The molecule has 2 aromatic rings. The van der Waals surface area contributed by atoms with Gasteiger partial charge >= 0.3 is 0 Å². The second-order valence-electron chi connectivity index (χ2n) is 5.64. The first-order valence-corrected chi connectivity index (χ1v) is 9.71. The maximum Gasteiger partial charge on any atom is 0.259 e. The molecule has 146 valence electrons. The molecule has 1 amide bonds. The minimum absolute atomic E-state index is 0.176. The van der Waals surface area contributed by atoms with Gasteiger partial charge in [-0.1, -0.05) is 0 Å². The number of carbonyl (C=O) groups excluding carboxylic acids is 1. The fraction of sp³-hybridized carbons (Fsp3) is 0.278. The molecule has 0 bridgehead atoms. The van der Waals surface area contributed by atoms with Gasteiger partial charge in [0.05, 0.1) is 44.5 Å². The fourth-order valence-electron chi connectivity index (χ4n) is 2.36. The molecule has 0 heterocycles. The van der Waals surface area contributed by atoms with E-state index in [1.807, 2.05) is 0 Å². The van der Waals surface area contributed by atoms with Crippen LogP contribution in [0.15, 0.2) is 36.4 Å². The van der Waals surface area contributed by atoms with E-state index in [9.17, 15) is 13.2 Å². The number of anilines is 2. The number of sulfonamides is 1. The molecule has 1 N–H and O–H groups in total. The SMILES string of the molecule is COc1ccc(OC)c(NC(=O)c2cc(N(C)S(C)(=O)=O)ccc2OC)c1. The van der Waals surface area contributed by atoms with Crippen molar-refractivity contribution in [1.82, 2.24) is 0 Å². The van der Waals surface area contributed by atoms with E-state index in [1.165, 1.54) is 40.5 Å². The minimum Gasteiger partial charge on any atom is -0.497 e. The van der Waals surface area contributed by atoms with Crippen molar-refractivity contribution in [3.63, 3.8) is 0 Å². The zero-order valence-corrected chi connectivity index (χ0v) is 16.6. The molecular formula is C18H22N2O6S. The topological polar surface area (TPSA) is 94.2 Å². The summed E-state index contributed by atoms with van der Waals surface area (Å²) in [6, 6.07) is 9.53. The molecule has 2 rings (SSSR count). The summed E-state index contributed by atoms with van der Waals surface area (Å²) in [4.78, 5) is 12.8. The zero-order chi connectivity index (χ0) is 20.2. The Balaban J connectivity index is 2.43. The standard InChI is InChI=1S/C18H22N2O6S/c1-20(27(5,22)23)12-6-8-16(25-3)14(10-12)18(21)19-15-11-13(24-2)7-9-17(15)26-4/h6-11H,1-5H3,(H,19,21). The average molecular weight is 394 g/mol. The third-order valence-corrected chi connectivity index (χ3v) is 5.15. The van der Waals surface area contributed by atoms with Gasteiger partial charge < -0.3 is 19.5 Å². The van der Waals surface area contributed by atoms with Crippen LogP contribution >= 0.6 is 0 Å². The predicted octanol–water partition coefficient (Wildman–Crippen LogP) is 2.36. The summed E-state index contributed by atoms with van der Waals surface area (Å²) < 4.78 is 40.3. The molecule has 0 atom stereocenters. The van der Waals surface area contributed by atoms with Crippen molar-refractivity contribution in [3.05, 3.63) is 42.0 Å². The normalized spacial score (nSPS) is 10.9. The molecule has 27 heavy (non-hydrogen) atoms. The molecule has 0 saturated heterocycles. The van der Waals surface area contributed by atoms with Crippen molar-refractivity contribution in [1.29, 1.82) is 0 Å². The number of hydrogen-bond donors (Lipinski definition) is 1. The molecule has 0 aliphatic heterocycles. The molecule has 0 fully saturated rings. The monoisotopic (exact) mass is 394 g/mol. The molecule has 0 radical (unpaired) electrons. The van der Waals surface area contributed by atoms with E-state index in [0.29, 0.717) is 28.6 Å². The maximum atomic E-state index is 12.8. The van der Waals surface area contributed by atoms with Crippen LogP contribution in [0.3, 0.4) is 0 Å². The van der Waals surface area contributed by atoms with E-state index in [0.717, 1.165) is 10.6 Å². The summed E-state index contributed by atoms with van der Waals surface area (Å²) in [6.07, 6.45) is 1.08. The van der Waals surface area contributed by atoms with Gasteiger partial charge in [-0.15, -0.1) is 0 Å². The van der Waals surface area contributed by atoms with Crippen molar-refractivity contribution in [3.8, 4) is 17.2 Å². The van der Waals surface area contributed by atoms with Gasteiger partial charge in [0.15, 0.2) is 0 Å². The third-order valence-electron chi connectivity index (χ3n) is 3.94. The number of amides is 1. The Labute approximate surface area is 158 Å². The number of hydrogen-bond acceptors (Lipinski definition) is 6. The van der Waals surface area contributed by atoms with Gasteiger partial charge in [-0.3, -0.25) is 9.10 Å². The maximum absolute atomic E-state index is 12.8. The van der Waals surface area contributed by atoms with Gasteiger partial charge in [0, 0.05) is 13.1 Å². The van der Waals surface area contributed by atoms with Gasteiger partial charge in [0.2, 0.25) is 10.0 Å². The van der Waals surface area contributed by atoms with Gasteiger partial charge in [0.25, 0.3) is 5.91 Å². The first kappa shape index (κ1) is 20.4. The lowest BCUT2D eigenvalue weighted by Crippen LogP contribution is -2.25. The smallest absolute Gasteiger partial charge is 0.259 e. The van der Waals surface area contributed by atoms with Crippen LogP contribution in [0, 0.1) is 0 Å². The number of rotatable bonds is 7. The van der Waals surface area contributed by atoms with E-state index in [-0.39, 0.29) is 5.56 Å². The van der Waals surface area contributed by atoms with Gasteiger partial charge in [-0.2, -0.15) is 0 Å². The lowest BCUT2D eigenvalue weighted by atomic mass is 10.1. The van der Waals surface area contributed by atoms with E-state index in [1.54, 1.807) is 24.3 Å². The summed E-state index contributed by atoms with van der Waals surface area (Å²) in [7, 11) is 2.36. The highest BCUT2D eigenvalue weighted by atomic mass is 32.2. The van der Waals surface area contributed by atoms with Crippen LogP contribution < -0.4 is 23.8 Å². The number of ether oxygens (including phenoxy) is 3. The van der Waals surface area contributed by atoms with Crippen LogP contribution in [0.5, 0.6) is 17.2 Å². The minimum atomic E-state index is -3.47. The molecule has 2 aromatic carbocycles. The fourth-order valence-corrected chi connectivity index (χ4v) is 2.86. The molecule has 8 nitrogen and oxygen atoms in total. The van der Waals surface area contributed by atoms with Crippen molar-refractivity contribution >= 4 is 27.3 Å². The highest BCUT2D eigenvalue weighted by Crippen LogP contribution is 2.31. The second-order valence-corrected chi connectivity index (χ2v) is 7.65. The molecule has 0 spiro atoms. The van der Waals surface area contributed by atoms with Crippen molar-refractivity contribution in [2.75, 3.05) is 44.3 Å². The van der Waals surface area contributed by atoms with E-state index in [4.69, 9.17) is 14.2 Å². The van der Waals surface area contributed by atoms with Crippen LogP contribution in [0.2, 0.25) is 0 Å². The first-order valence-electron chi connectivity index (χ1n) is 7.86. The molecule has 0 aliphatic carbocycles. The quantitative estimate of drug-likeness (QED) is 0.775. The van der Waals surface area contributed by atoms with Crippen LogP contribution in [0.25, 0.3) is 0 Å². The second kappa shape index (κ2) is 8.17. The molecule has 0 unspecified atom stereocenters. The Morgan fingerprint density at radius 3 is 2.15 bits per heavy atom. The Morgan fingerprint density at radius 2 is 1.59 bits per heavy atom. The van der Waals surface area contributed by atoms with Crippen molar-refractivity contribution in [2.24, 2.45) is 0 Å². The van der Waals surface area contributed by atoms with Crippen LogP contribution in [0.1, 0.15) is 10.4 Å². The van der Waals surface area contributed by atoms with Crippen LogP contribution in [-0.2, 0) is 10.0 Å². The Morgan fingerprint density at radius 1 is 0.963 bits per heavy atom. The lowest BCUT2D eigenvalue weighted by molar-refractivity contribution is 0.102. The van der Waals surface area contributed by atoms with Crippen LogP contribution in [-0.4, -0.2) is 49.0 Å². The van der Waals surface area contributed by atoms with E-state index < -0.39 is 15.9 Å². The summed E-state index contributed by atoms with van der Waals surface area (Å²) in [6.45, 7) is 0. The zero-order valence-electron chi connectivity index (χ0n) is 15.8. The Bertz CT molecular complexity index is 943. The number of nitrogens with zero attached hydrogens (tertiary/aromatic N) is 1. The number of methoxy groups -OCH3 is 3. The van der Waals surface area contributed by atoms with Gasteiger partial charge in [-0.25, -0.2) is 8.42 Å². The summed E-state index contributed by atoms with van der Waals surface area (Å²) >= 11 is 0. The van der Waals surface area contributed by atoms with Gasteiger partial charge in [-0.05, 0) is 30.3 Å². The Kier molecular flexibility index (Phi) is 6.17. The average Bonchev–Trinajstić information content (AvgIpc) is 2.65. The number of benzene rings is 2. The lowest BCUT2D eigenvalue weighted by Gasteiger charge is -2.19. The molecule has 0 aliphatic rings. The number of nitrogens with one attached hydrogen (secondary N) is 1. The van der Waals surface area contributed by atoms with Gasteiger partial charge in [0.1, 0.15) is 17.2 Å². The summed E-state index contributed by atoms with van der Waals surface area (Å²) in [5.41, 5.74) is 0.919. The molecular weight excluding hydrogens is 372 g/mol. The molecule has 9 heteroatoms. The summed E-state index contributed by atoms with van der Waals surface area (Å²) in [5, 5.41) is 2.74. The highest BCUT2D eigenvalue weighted by Gasteiger charge is 2.19. The van der Waals surface area contributed by atoms with E-state index in [2.05, 4.69) is 5.32 Å². The predicted molar refractivity (Wildman–Crippen MR) is 104 cm³/mol. The van der Waals surface area contributed by atoms with Crippen molar-refractivity contribution in [2.45, 2.75) is 0 Å². The number of carbonyl (C=O) groups is 1. The first-order chi connectivity index (χ1) is 12.7. The highest BCUT2D eigenvalue weighted by molar-refractivity contribution is 7.92. The van der Waals surface area contributed by atoms with E-state index >= 15 is 0 Å². The molecule has 0 aromatic heterocycles. The largest absolute Gasteiger partial charge is 0.497 e. The Hall–Kier alpha value is -2.94.